The van der Waals surface area contributed by atoms with Crippen molar-refractivity contribution in [2.75, 3.05) is 6.61 Å². The summed E-state index contributed by atoms with van der Waals surface area (Å²) >= 11 is 7.04. The number of benzene rings is 2. The summed E-state index contributed by atoms with van der Waals surface area (Å²) in [6.07, 6.45) is 2.57. The fourth-order valence-electron chi connectivity index (χ4n) is 3.19. The summed E-state index contributed by atoms with van der Waals surface area (Å²) in [5, 5.41) is 5.06. The van der Waals surface area contributed by atoms with Gasteiger partial charge < -0.3 is 9.47 Å². The third-order valence-electron chi connectivity index (χ3n) is 5.03. The van der Waals surface area contributed by atoms with Crippen LogP contribution in [-0.4, -0.2) is 28.6 Å². The maximum absolute atomic E-state index is 13.3. The lowest BCUT2D eigenvalue weighted by molar-refractivity contribution is 0.202. The maximum atomic E-state index is 13.3. The van der Waals surface area contributed by atoms with Crippen LogP contribution in [0.5, 0.6) is 11.5 Å². The van der Waals surface area contributed by atoms with E-state index < -0.39 is 0 Å². The van der Waals surface area contributed by atoms with Crippen LogP contribution in [0.25, 0.3) is 10.9 Å². The minimum Gasteiger partial charge on any atom is -0.490 e. The summed E-state index contributed by atoms with van der Waals surface area (Å²) < 4.78 is 14.8. The van der Waals surface area contributed by atoms with Gasteiger partial charge in [-0.1, -0.05) is 43.6 Å². The number of halogens is 2. The van der Waals surface area contributed by atoms with E-state index in [2.05, 4.69) is 43.9 Å². The van der Waals surface area contributed by atoms with Crippen LogP contribution < -0.4 is 15.0 Å². The lowest BCUT2D eigenvalue weighted by Crippen LogP contribution is -2.29. The van der Waals surface area contributed by atoms with E-state index in [9.17, 15) is 4.79 Å². The van der Waals surface area contributed by atoms with Crippen LogP contribution in [-0.2, 0) is 5.41 Å². The fraction of sp³-hybridized carbons (Fsp3) is 0.400. The van der Waals surface area contributed by atoms with Crippen LogP contribution in [0.1, 0.15) is 59.4 Å². The second kappa shape index (κ2) is 10.4. The van der Waals surface area contributed by atoms with Gasteiger partial charge in [0.05, 0.1) is 34.3 Å². The van der Waals surface area contributed by atoms with Gasteiger partial charge in [0.15, 0.2) is 11.5 Å². The zero-order valence-corrected chi connectivity index (χ0v) is 22.9. The number of hydrogen-bond acceptors (Lipinski definition) is 5. The maximum Gasteiger partial charge on any atom is 0.282 e. The van der Waals surface area contributed by atoms with E-state index in [4.69, 9.17) is 14.5 Å². The molecule has 33 heavy (non-hydrogen) atoms. The summed E-state index contributed by atoms with van der Waals surface area (Å²) in [4.78, 5) is 18.1. The quantitative estimate of drug-likeness (QED) is 0.293. The molecule has 1 heterocycles. The molecule has 0 spiro atoms. The van der Waals surface area contributed by atoms with Gasteiger partial charge in [0.2, 0.25) is 0 Å². The van der Waals surface area contributed by atoms with E-state index in [1.165, 1.54) is 4.68 Å². The summed E-state index contributed by atoms with van der Waals surface area (Å²) in [6.45, 7) is 12.5. The Morgan fingerprint density at radius 1 is 1.18 bits per heavy atom. The second-order valence-electron chi connectivity index (χ2n) is 8.81. The molecular weight excluding hydrogens is 550 g/mol. The van der Waals surface area contributed by atoms with Gasteiger partial charge in [0.1, 0.15) is 5.82 Å². The smallest absolute Gasteiger partial charge is 0.282 e. The van der Waals surface area contributed by atoms with Crippen molar-refractivity contribution < 1.29 is 9.47 Å². The predicted molar refractivity (Wildman–Crippen MR) is 141 cm³/mol. The van der Waals surface area contributed by atoms with Gasteiger partial charge >= 0.3 is 0 Å². The highest BCUT2D eigenvalue weighted by Gasteiger charge is 2.23. The van der Waals surface area contributed by atoms with E-state index in [1.54, 1.807) is 12.3 Å². The molecule has 0 amide bonds. The van der Waals surface area contributed by atoms with Crippen LogP contribution in [0.3, 0.4) is 0 Å². The van der Waals surface area contributed by atoms with Crippen molar-refractivity contribution in [3.05, 3.63) is 61.0 Å². The van der Waals surface area contributed by atoms with Crippen molar-refractivity contribution in [2.45, 2.75) is 59.5 Å². The highest BCUT2D eigenvalue weighted by Crippen LogP contribution is 2.37. The van der Waals surface area contributed by atoms with Crippen LogP contribution in [0.2, 0.25) is 0 Å². The molecule has 3 rings (SSSR count). The predicted octanol–water partition coefficient (Wildman–Crippen LogP) is 6.68. The molecule has 3 aromatic rings. The first-order valence-electron chi connectivity index (χ1n) is 10.9. The fourth-order valence-corrected chi connectivity index (χ4v) is 4.10. The number of rotatable bonds is 7. The molecule has 0 N–H and O–H groups in total. The number of ether oxygens (including phenoxy) is 2. The SMILES string of the molecule is CCOc1cc(C=Nn2c(C(C)(C)C)nc3ccc(Br)cc3c2=O)cc(Br)c1O[C@H](C)CC. The molecule has 0 aliphatic carbocycles. The largest absolute Gasteiger partial charge is 0.490 e. The van der Waals surface area contributed by atoms with Crippen molar-refractivity contribution in [2.24, 2.45) is 5.10 Å². The summed E-state index contributed by atoms with van der Waals surface area (Å²) in [5.74, 6) is 1.87. The zero-order chi connectivity index (χ0) is 24.3. The van der Waals surface area contributed by atoms with E-state index >= 15 is 0 Å². The summed E-state index contributed by atoms with van der Waals surface area (Å²) in [6, 6.07) is 9.25. The Labute approximate surface area is 211 Å². The number of hydrogen-bond donors (Lipinski definition) is 0. The number of aromatic nitrogens is 2. The van der Waals surface area contributed by atoms with Crippen molar-refractivity contribution in [3.63, 3.8) is 0 Å². The average molecular weight is 579 g/mol. The molecule has 2 aromatic carbocycles. The lowest BCUT2D eigenvalue weighted by atomic mass is 9.95. The molecule has 0 fully saturated rings. The van der Waals surface area contributed by atoms with Gasteiger partial charge in [-0.3, -0.25) is 4.79 Å². The molecule has 0 unspecified atom stereocenters. The Balaban J connectivity index is 2.13. The van der Waals surface area contributed by atoms with Crippen LogP contribution >= 0.6 is 31.9 Å². The Bertz CT molecular complexity index is 1250. The van der Waals surface area contributed by atoms with Crippen molar-refractivity contribution in [1.82, 2.24) is 9.66 Å². The van der Waals surface area contributed by atoms with E-state index in [1.807, 2.05) is 58.9 Å². The van der Waals surface area contributed by atoms with Crippen molar-refractivity contribution in [3.8, 4) is 11.5 Å². The van der Waals surface area contributed by atoms with Crippen LogP contribution in [0.15, 0.2) is 49.2 Å². The second-order valence-corrected chi connectivity index (χ2v) is 10.6. The average Bonchev–Trinajstić information content (AvgIpc) is 2.75. The minimum atomic E-state index is -0.386. The molecule has 0 bridgehead atoms. The monoisotopic (exact) mass is 577 g/mol. The standard InChI is InChI=1S/C25H29Br2N3O3/c1-7-15(3)33-22-19(27)11-16(12-21(22)32-8-2)14-28-30-23(31)18-13-17(26)9-10-20(18)29-24(30)25(4,5)6/h9-15H,7-8H2,1-6H3/t15-/m1/s1. The van der Waals surface area contributed by atoms with E-state index in [-0.39, 0.29) is 17.1 Å². The molecule has 6 nitrogen and oxygen atoms in total. The summed E-state index contributed by atoms with van der Waals surface area (Å²) in [7, 11) is 0. The zero-order valence-electron chi connectivity index (χ0n) is 19.8. The Morgan fingerprint density at radius 2 is 1.91 bits per heavy atom. The first-order valence-corrected chi connectivity index (χ1v) is 12.5. The first kappa shape index (κ1) is 25.4. The first-order chi connectivity index (χ1) is 15.5. The van der Waals surface area contributed by atoms with Gasteiger partial charge in [-0.15, -0.1) is 0 Å². The Kier molecular flexibility index (Phi) is 8.00. The van der Waals surface area contributed by atoms with Crippen LogP contribution in [0.4, 0.5) is 0 Å². The topological polar surface area (TPSA) is 65.7 Å². The molecule has 176 valence electrons. The molecule has 8 heteroatoms. The Morgan fingerprint density at radius 3 is 2.55 bits per heavy atom. The molecule has 0 saturated carbocycles. The van der Waals surface area contributed by atoms with Crippen LogP contribution in [0, 0.1) is 0 Å². The molecule has 0 radical (unpaired) electrons. The number of fused-ring (bicyclic) bond motifs is 1. The van der Waals surface area contributed by atoms with Crippen molar-refractivity contribution >= 4 is 49.0 Å². The van der Waals surface area contributed by atoms with Gasteiger partial charge in [-0.25, -0.2) is 4.98 Å². The van der Waals surface area contributed by atoms with E-state index in [0.29, 0.717) is 34.8 Å². The van der Waals surface area contributed by atoms with Gasteiger partial charge in [0.25, 0.3) is 5.56 Å². The minimum absolute atomic E-state index is 0.0518. The molecule has 0 saturated heterocycles. The third kappa shape index (κ3) is 5.84. The molecule has 0 aliphatic rings. The third-order valence-corrected chi connectivity index (χ3v) is 6.11. The number of nitrogens with zero attached hydrogens (tertiary/aromatic N) is 3. The molecule has 1 aromatic heterocycles. The molecule has 1 atom stereocenters. The molecular formula is C25H29Br2N3O3. The summed E-state index contributed by atoms with van der Waals surface area (Å²) in [5.41, 5.74) is 0.807. The van der Waals surface area contributed by atoms with E-state index in [0.717, 1.165) is 20.9 Å². The lowest BCUT2D eigenvalue weighted by Gasteiger charge is -2.21. The highest BCUT2D eigenvalue weighted by atomic mass is 79.9. The van der Waals surface area contributed by atoms with Crippen molar-refractivity contribution in [1.29, 1.82) is 0 Å². The Hall–Kier alpha value is -2.19. The van der Waals surface area contributed by atoms with Gasteiger partial charge in [0, 0.05) is 9.89 Å². The van der Waals surface area contributed by atoms with Gasteiger partial charge in [-0.05, 0) is 72.1 Å². The van der Waals surface area contributed by atoms with Gasteiger partial charge in [-0.2, -0.15) is 9.78 Å². The molecule has 0 aliphatic heterocycles. The normalized spacial score (nSPS) is 13.0. The highest BCUT2D eigenvalue weighted by molar-refractivity contribution is 9.10.